The number of hydrogen-bond donors (Lipinski definition) is 2. The van der Waals surface area contributed by atoms with Crippen molar-refractivity contribution < 1.29 is 10.2 Å². The molecule has 22 heavy (non-hydrogen) atoms. The summed E-state index contributed by atoms with van der Waals surface area (Å²) in [6.07, 6.45) is 3.12. The first-order chi connectivity index (χ1) is 10.6. The highest BCUT2D eigenvalue weighted by Gasteiger charge is 2.10. The fraction of sp³-hybridized carbons (Fsp3) is 0.294. The van der Waals surface area contributed by atoms with Gasteiger partial charge in [-0.05, 0) is 32.9 Å². The van der Waals surface area contributed by atoms with E-state index in [1.54, 1.807) is 19.3 Å². The summed E-state index contributed by atoms with van der Waals surface area (Å²) >= 11 is 0. The molecule has 1 aromatic heterocycles. The molecule has 2 rings (SSSR count). The van der Waals surface area contributed by atoms with Gasteiger partial charge >= 0.3 is 0 Å². The van der Waals surface area contributed by atoms with E-state index < -0.39 is 0 Å². The molecule has 0 spiro atoms. The van der Waals surface area contributed by atoms with Gasteiger partial charge in [0.1, 0.15) is 5.75 Å². The number of aromatic hydroxyl groups is 1. The molecule has 0 radical (unpaired) electrons. The van der Waals surface area contributed by atoms with Gasteiger partial charge in [0.25, 0.3) is 0 Å². The van der Waals surface area contributed by atoms with Gasteiger partial charge in [-0.3, -0.25) is 9.99 Å². The minimum Gasteiger partial charge on any atom is -0.505 e. The standard InChI is InChI=1S/C17H21N3O2/c1-4-20(15-7-5-12(2)6-8-15)19-10-16-14(11-21)9-18-13(3)17(16)22/h5-10,21-22H,4,11H2,1-3H3. The van der Waals surface area contributed by atoms with Crippen molar-refractivity contribution in [2.45, 2.75) is 27.4 Å². The number of nitrogens with zero attached hydrogens (tertiary/aromatic N) is 3. The Morgan fingerprint density at radius 2 is 1.91 bits per heavy atom. The zero-order valence-corrected chi connectivity index (χ0v) is 13.1. The predicted octanol–water partition coefficient (Wildman–Crippen LogP) is 2.76. The van der Waals surface area contributed by atoms with Crippen LogP contribution in [-0.2, 0) is 6.61 Å². The van der Waals surface area contributed by atoms with Gasteiger partial charge < -0.3 is 10.2 Å². The first-order valence-electron chi connectivity index (χ1n) is 7.23. The lowest BCUT2D eigenvalue weighted by atomic mass is 10.1. The van der Waals surface area contributed by atoms with E-state index in [1.807, 2.05) is 43.1 Å². The van der Waals surface area contributed by atoms with Crippen LogP contribution in [-0.4, -0.2) is 28.0 Å². The van der Waals surface area contributed by atoms with E-state index in [-0.39, 0.29) is 12.4 Å². The molecule has 0 aliphatic carbocycles. The minimum absolute atomic E-state index is 0.0512. The third-order valence-electron chi connectivity index (χ3n) is 3.49. The summed E-state index contributed by atoms with van der Waals surface area (Å²) in [5, 5.41) is 25.8. The van der Waals surface area contributed by atoms with Crippen molar-refractivity contribution >= 4 is 11.9 Å². The Bertz CT molecular complexity index is 666. The number of aromatic nitrogens is 1. The summed E-state index contributed by atoms with van der Waals surface area (Å²) in [7, 11) is 0. The fourth-order valence-corrected chi connectivity index (χ4v) is 2.10. The molecule has 2 N–H and O–H groups in total. The van der Waals surface area contributed by atoms with E-state index in [0.29, 0.717) is 23.4 Å². The molecule has 5 nitrogen and oxygen atoms in total. The second kappa shape index (κ2) is 7.04. The Hall–Kier alpha value is -2.40. The highest BCUT2D eigenvalue weighted by molar-refractivity contribution is 5.86. The fourth-order valence-electron chi connectivity index (χ4n) is 2.10. The average molecular weight is 299 g/mol. The molecule has 0 atom stereocenters. The highest BCUT2D eigenvalue weighted by Crippen LogP contribution is 2.22. The Morgan fingerprint density at radius 3 is 2.50 bits per heavy atom. The van der Waals surface area contributed by atoms with Crippen LogP contribution in [0.2, 0.25) is 0 Å². The quantitative estimate of drug-likeness (QED) is 0.658. The van der Waals surface area contributed by atoms with Crippen LogP contribution in [0.3, 0.4) is 0 Å². The third-order valence-corrected chi connectivity index (χ3v) is 3.49. The van der Waals surface area contributed by atoms with Crippen LogP contribution in [0.25, 0.3) is 0 Å². The summed E-state index contributed by atoms with van der Waals surface area (Å²) in [5.41, 5.74) is 3.72. The Balaban J connectivity index is 2.33. The summed E-state index contributed by atoms with van der Waals surface area (Å²) < 4.78 is 0. The molecule has 116 valence electrons. The summed E-state index contributed by atoms with van der Waals surface area (Å²) in [4.78, 5) is 4.04. The first-order valence-corrected chi connectivity index (χ1v) is 7.23. The Morgan fingerprint density at radius 1 is 1.23 bits per heavy atom. The SMILES string of the molecule is CCN(N=Cc1c(CO)cnc(C)c1O)c1ccc(C)cc1. The van der Waals surface area contributed by atoms with Crippen LogP contribution in [0.5, 0.6) is 5.75 Å². The highest BCUT2D eigenvalue weighted by atomic mass is 16.3. The number of rotatable bonds is 5. The van der Waals surface area contributed by atoms with E-state index in [2.05, 4.69) is 10.1 Å². The maximum Gasteiger partial charge on any atom is 0.145 e. The number of hydrazone groups is 1. The lowest BCUT2D eigenvalue weighted by molar-refractivity contribution is 0.280. The number of aliphatic hydroxyl groups is 1. The molecule has 1 aromatic carbocycles. The number of aliphatic hydroxyl groups excluding tert-OH is 1. The number of benzene rings is 1. The van der Waals surface area contributed by atoms with Gasteiger partial charge in [-0.25, -0.2) is 0 Å². The van der Waals surface area contributed by atoms with Crippen LogP contribution >= 0.6 is 0 Å². The molecule has 2 aromatic rings. The number of anilines is 1. The zero-order valence-electron chi connectivity index (χ0n) is 13.1. The van der Waals surface area contributed by atoms with Crippen molar-refractivity contribution in [1.29, 1.82) is 0 Å². The van der Waals surface area contributed by atoms with Crippen molar-refractivity contribution in [1.82, 2.24) is 4.98 Å². The van der Waals surface area contributed by atoms with Crippen molar-refractivity contribution in [2.75, 3.05) is 11.6 Å². The molecule has 0 amide bonds. The molecular weight excluding hydrogens is 278 g/mol. The topological polar surface area (TPSA) is 69.0 Å². The second-order valence-electron chi connectivity index (χ2n) is 5.09. The average Bonchev–Trinajstić information content (AvgIpc) is 2.53. The molecular formula is C17H21N3O2. The lowest BCUT2D eigenvalue weighted by Crippen LogP contribution is -2.15. The van der Waals surface area contributed by atoms with Gasteiger partial charge in [0.2, 0.25) is 0 Å². The van der Waals surface area contributed by atoms with E-state index in [9.17, 15) is 10.2 Å². The molecule has 0 saturated heterocycles. The number of hydrogen-bond acceptors (Lipinski definition) is 5. The van der Waals surface area contributed by atoms with E-state index in [4.69, 9.17) is 0 Å². The van der Waals surface area contributed by atoms with Crippen LogP contribution in [0.4, 0.5) is 5.69 Å². The van der Waals surface area contributed by atoms with Gasteiger partial charge in [0.15, 0.2) is 0 Å². The minimum atomic E-state index is -0.196. The molecule has 0 fully saturated rings. The third kappa shape index (κ3) is 3.43. The Labute approximate surface area is 130 Å². The predicted molar refractivity (Wildman–Crippen MR) is 88.4 cm³/mol. The van der Waals surface area contributed by atoms with Gasteiger partial charge in [-0.2, -0.15) is 5.10 Å². The van der Waals surface area contributed by atoms with Gasteiger partial charge in [0.05, 0.1) is 24.2 Å². The molecule has 1 heterocycles. The summed E-state index contributed by atoms with van der Waals surface area (Å²) in [6, 6.07) is 8.06. The van der Waals surface area contributed by atoms with Gasteiger partial charge in [0, 0.05) is 23.9 Å². The monoisotopic (exact) mass is 299 g/mol. The molecule has 5 heteroatoms. The summed E-state index contributed by atoms with van der Waals surface area (Å²) in [6.45, 7) is 6.25. The van der Waals surface area contributed by atoms with Crippen molar-refractivity contribution in [3.8, 4) is 5.75 Å². The van der Waals surface area contributed by atoms with Crippen molar-refractivity contribution in [3.63, 3.8) is 0 Å². The molecule has 0 bridgehead atoms. The van der Waals surface area contributed by atoms with E-state index >= 15 is 0 Å². The smallest absolute Gasteiger partial charge is 0.145 e. The molecule has 0 aliphatic heterocycles. The van der Waals surface area contributed by atoms with Gasteiger partial charge in [-0.1, -0.05) is 17.7 Å². The second-order valence-corrected chi connectivity index (χ2v) is 5.09. The number of pyridine rings is 1. The van der Waals surface area contributed by atoms with Crippen LogP contribution in [0, 0.1) is 13.8 Å². The van der Waals surface area contributed by atoms with Crippen LogP contribution in [0.1, 0.15) is 29.3 Å². The molecule has 0 aliphatic rings. The maximum absolute atomic E-state index is 10.1. The van der Waals surface area contributed by atoms with E-state index in [1.165, 1.54) is 5.56 Å². The zero-order chi connectivity index (χ0) is 16.1. The summed E-state index contributed by atoms with van der Waals surface area (Å²) in [5.74, 6) is 0.0512. The van der Waals surface area contributed by atoms with Gasteiger partial charge in [-0.15, -0.1) is 0 Å². The molecule has 0 unspecified atom stereocenters. The van der Waals surface area contributed by atoms with E-state index in [0.717, 1.165) is 5.69 Å². The lowest BCUT2D eigenvalue weighted by Gasteiger charge is -2.17. The maximum atomic E-state index is 10.1. The first kappa shape index (κ1) is 16.0. The normalized spacial score (nSPS) is 11.1. The van der Waals surface area contributed by atoms with Crippen LogP contribution in [0.15, 0.2) is 35.6 Å². The number of aryl methyl sites for hydroxylation is 2. The van der Waals surface area contributed by atoms with Crippen molar-refractivity contribution in [3.05, 3.63) is 52.8 Å². The van der Waals surface area contributed by atoms with Crippen molar-refractivity contribution in [2.24, 2.45) is 5.10 Å². The Kier molecular flexibility index (Phi) is 5.12. The largest absolute Gasteiger partial charge is 0.505 e. The molecule has 0 saturated carbocycles. The van der Waals surface area contributed by atoms with Crippen LogP contribution < -0.4 is 5.01 Å².